The van der Waals surface area contributed by atoms with E-state index >= 15 is 0 Å². The highest BCUT2D eigenvalue weighted by Crippen LogP contribution is 2.32. The molecule has 0 amide bonds. The summed E-state index contributed by atoms with van der Waals surface area (Å²) in [6.07, 6.45) is 0. The molecule has 0 fully saturated rings. The van der Waals surface area contributed by atoms with Crippen molar-refractivity contribution >= 4 is 11.9 Å². The second-order valence-electron chi connectivity index (χ2n) is 5.13. The highest BCUT2D eigenvalue weighted by atomic mass is 16.6. The number of hydrogen-bond donors (Lipinski definition) is 2. The SMILES string of the molecule is COc1ccccc1OCC(Oc1ccccc1OC)(C(=O)O)C(=O)O. The Morgan fingerprint density at radius 3 is 1.69 bits per heavy atom. The molecule has 0 saturated heterocycles. The largest absolute Gasteiger partial charge is 0.493 e. The maximum Gasteiger partial charge on any atom is 0.363 e. The molecule has 8 nitrogen and oxygen atoms in total. The van der Waals surface area contributed by atoms with Crippen LogP contribution < -0.4 is 18.9 Å². The van der Waals surface area contributed by atoms with Gasteiger partial charge in [-0.2, -0.15) is 0 Å². The van der Waals surface area contributed by atoms with Gasteiger partial charge in [0.1, 0.15) is 0 Å². The van der Waals surface area contributed by atoms with Gasteiger partial charge in [0.25, 0.3) is 0 Å². The van der Waals surface area contributed by atoms with Crippen molar-refractivity contribution in [1.29, 1.82) is 0 Å². The summed E-state index contributed by atoms with van der Waals surface area (Å²) in [6, 6.07) is 12.6. The molecule has 138 valence electrons. The van der Waals surface area contributed by atoms with E-state index in [1.165, 1.54) is 32.4 Å². The van der Waals surface area contributed by atoms with Gasteiger partial charge in [0, 0.05) is 0 Å². The van der Waals surface area contributed by atoms with Crippen molar-refractivity contribution in [1.82, 2.24) is 0 Å². The minimum atomic E-state index is -2.69. The maximum absolute atomic E-state index is 11.8. The van der Waals surface area contributed by atoms with Crippen molar-refractivity contribution in [2.45, 2.75) is 5.60 Å². The highest BCUT2D eigenvalue weighted by Gasteiger charge is 2.51. The lowest BCUT2D eigenvalue weighted by Gasteiger charge is -2.27. The Hall–Kier alpha value is -3.42. The third-order valence-electron chi connectivity index (χ3n) is 3.54. The zero-order valence-electron chi connectivity index (χ0n) is 14.2. The molecule has 0 heterocycles. The van der Waals surface area contributed by atoms with Gasteiger partial charge < -0.3 is 29.2 Å². The second-order valence-corrected chi connectivity index (χ2v) is 5.13. The monoisotopic (exact) mass is 362 g/mol. The van der Waals surface area contributed by atoms with Crippen LogP contribution >= 0.6 is 0 Å². The van der Waals surface area contributed by atoms with Gasteiger partial charge in [-0.25, -0.2) is 9.59 Å². The van der Waals surface area contributed by atoms with Gasteiger partial charge in [0.2, 0.25) is 0 Å². The molecule has 0 radical (unpaired) electrons. The van der Waals surface area contributed by atoms with Crippen molar-refractivity contribution in [3.05, 3.63) is 48.5 Å². The molecule has 0 unspecified atom stereocenters. The number of hydrogen-bond acceptors (Lipinski definition) is 6. The van der Waals surface area contributed by atoms with Gasteiger partial charge in [-0.1, -0.05) is 24.3 Å². The molecule has 0 atom stereocenters. The van der Waals surface area contributed by atoms with Crippen LogP contribution in [0.5, 0.6) is 23.0 Å². The van der Waals surface area contributed by atoms with E-state index in [9.17, 15) is 19.8 Å². The normalized spacial score (nSPS) is 10.7. The van der Waals surface area contributed by atoms with Gasteiger partial charge in [0.15, 0.2) is 29.6 Å². The van der Waals surface area contributed by atoms with Crippen molar-refractivity contribution in [2.24, 2.45) is 0 Å². The van der Waals surface area contributed by atoms with Gasteiger partial charge in [-0.05, 0) is 24.3 Å². The Morgan fingerprint density at radius 1 is 0.808 bits per heavy atom. The topological polar surface area (TPSA) is 112 Å². The van der Waals surface area contributed by atoms with Crippen LogP contribution in [0.15, 0.2) is 48.5 Å². The summed E-state index contributed by atoms with van der Waals surface area (Å²) in [7, 11) is 2.77. The molecule has 0 aliphatic carbocycles. The summed E-state index contributed by atoms with van der Waals surface area (Å²) in [5, 5.41) is 19.1. The molecule has 26 heavy (non-hydrogen) atoms. The predicted octanol–water partition coefficient (Wildman–Crippen LogP) is 2.07. The lowest BCUT2D eigenvalue weighted by molar-refractivity contribution is -0.175. The van der Waals surface area contributed by atoms with Crippen LogP contribution in [0, 0.1) is 0 Å². The van der Waals surface area contributed by atoms with Crippen molar-refractivity contribution in [3.63, 3.8) is 0 Å². The molecule has 0 spiro atoms. The number of carboxylic acids is 2. The van der Waals surface area contributed by atoms with Crippen molar-refractivity contribution < 1.29 is 38.7 Å². The van der Waals surface area contributed by atoms with E-state index in [0.717, 1.165) is 0 Å². The average Bonchev–Trinajstić information content (AvgIpc) is 2.65. The number of aliphatic carboxylic acids is 2. The number of para-hydroxylation sites is 4. The van der Waals surface area contributed by atoms with E-state index in [1.54, 1.807) is 30.3 Å². The Kier molecular flexibility index (Phi) is 5.90. The number of rotatable bonds is 9. The van der Waals surface area contributed by atoms with Gasteiger partial charge in [0.05, 0.1) is 14.2 Å². The minimum Gasteiger partial charge on any atom is -0.493 e. The van der Waals surface area contributed by atoms with E-state index in [2.05, 4.69) is 0 Å². The lowest BCUT2D eigenvalue weighted by Crippen LogP contribution is -2.56. The lowest BCUT2D eigenvalue weighted by atomic mass is 10.1. The first-order chi connectivity index (χ1) is 12.4. The summed E-state index contributed by atoms with van der Waals surface area (Å²) < 4.78 is 20.9. The molecule has 0 bridgehead atoms. The van der Waals surface area contributed by atoms with E-state index in [1.807, 2.05) is 0 Å². The fourth-order valence-corrected chi connectivity index (χ4v) is 2.14. The second kappa shape index (κ2) is 8.11. The van der Waals surface area contributed by atoms with Crippen LogP contribution in [0.1, 0.15) is 0 Å². The number of carbonyl (C=O) groups is 2. The molecule has 2 N–H and O–H groups in total. The fraction of sp³-hybridized carbons (Fsp3) is 0.222. The smallest absolute Gasteiger partial charge is 0.363 e. The molecule has 0 saturated carbocycles. The number of ether oxygens (including phenoxy) is 4. The Bertz CT molecular complexity index is 772. The fourth-order valence-electron chi connectivity index (χ4n) is 2.14. The van der Waals surface area contributed by atoms with Crippen LogP contribution in [0.25, 0.3) is 0 Å². The zero-order chi connectivity index (χ0) is 19.2. The first-order valence-corrected chi connectivity index (χ1v) is 7.49. The summed E-state index contributed by atoms with van der Waals surface area (Å²) in [6.45, 7) is -0.796. The molecule has 2 aromatic carbocycles. The molecule has 2 rings (SSSR count). The van der Waals surface area contributed by atoms with E-state index in [0.29, 0.717) is 5.75 Å². The molecule has 0 aliphatic rings. The summed E-state index contributed by atoms with van der Waals surface area (Å²) in [4.78, 5) is 23.6. The van der Waals surface area contributed by atoms with Crippen molar-refractivity contribution in [2.75, 3.05) is 20.8 Å². The van der Waals surface area contributed by atoms with Crippen LogP contribution in [0.3, 0.4) is 0 Å². The summed E-state index contributed by atoms with van der Waals surface area (Å²) >= 11 is 0. The number of methoxy groups -OCH3 is 2. The first-order valence-electron chi connectivity index (χ1n) is 7.49. The quantitative estimate of drug-likeness (QED) is 0.652. The summed E-state index contributed by atoms with van der Waals surface area (Å²) in [5.41, 5.74) is -2.69. The molecule has 2 aromatic rings. The number of benzene rings is 2. The van der Waals surface area contributed by atoms with Gasteiger partial charge in [-0.3, -0.25) is 0 Å². The van der Waals surface area contributed by atoms with Crippen LogP contribution in [0.2, 0.25) is 0 Å². The van der Waals surface area contributed by atoms with Crippen LogP contribution in [0.4, 0.5) is 0 Å². The molecular formula is C18H18O8. The van der Waals surface area contributed by atoms with E-state index in [-0.39, 0.29) is 17.2 Å². The third kappa shape index (κ3) is 3.80. The maximum atomic E-state index is 11.8. The third-order valence-corrected chi connectivity index (χ3v) is 3.54. The van der Waals surface area contributed by atoms with Gasteiger partial charge in [-0.15, -0.1) is 0 Å². The summed E-state index contributed by atoms with van der Waals surface area (Å²) in [5.74, 6) is -2.77. The van der Waals surface area contributed by atoms with Crippen LogP contribution in [-0.2, 0) is 9.59 Å². The zero-order valence-corrected chi connectivity index (χ0v) is 14.2. The minimum absolute atomic E-state index is 0.0385. The standard InChI is InChI=1S/C18H18O8/c1-23-12-7-3-5-9-14(12)25-11-18(16(19)20,17(21)22)26-15-10-6-4-8-13(15)24-2/h3-10H,11H2,1-2H3,(H,19,20)(H,21,22). The van der Waals surface area contributed by atoms with E-state index in [4.69, 9.17) is 18.9 Å². The predicted molar refractivity (Wildman–Crippen MR) is 90.1 cm³/mol. The molecule has 0 aliphatic heterocycles. The molecule has 0 aromatic heterocycles. The molecular weight excluding hydrogens is 344 g/mol. The average molecular weight is 362 g/mol. The Labute approximate surface area is 149 Å². The van der Waals surface area contributed by atoms with Crippen LogP contribution in [-0.4, -0.2) is 48.6 Å². The van der Waals surface area contributed by atoms with Crippen molar-refractivity contribution in [3.8, 4) is 23.0 Å². The Balaban J connectivity index is 2.36. The molecule has 8 heteroatoms. The number of carboxylic acid groups (broad SMARTS) is 2. The van der Waals surface area contributed by atoms with Gasteiger partial charge >= 0.3 is 17.5 Å². The first kappa shape index (κ1) is 18.9. The highest BCUT2D eigenvalue weighted by molar-refractivity contribution is 6.02. The Morgan fingerprint density at radius 2 is 1.23 bits per heavy atom. The van der Waals surface area contributed by atoms with E-state index < -0.39 is 24.1 Å².